The topological polar surface area (TPSA) is 15.3 Å². The largest absolute Gasteiger partial charge is 0.309 e. The Kier molecular flexibility index (Phi) is 7.25. The van der Waals surface area contributed by atoms with Gasteiger partial charge < -0.3 is 5.32 Å². The Balaban J connectivity index is 1.80. The molecule has 0 heterocycles. The second-order valence-electron chi connectivity index (χ2n) is 6.27. The summed E-state index contributed by atoms with van der Waals surface area (Å²) in [6.45, 7) is 8.06. The summed E-state index contributed by atoms with van der Waals surface area (Å²) in [5.41, 5.74) is 1.45. The van der Waals surface area contributed by atoms with Crippen LogP contribution >= 0.6 is 0 Å². The van der Waals surface area contributed by atoms with Gasteiger partial charge in [0.2, 0.25) is 0 Å². The van der Waals surface area contributed by atoms with Gasteiger partial charge in [-0.05, 0) is 31.4 Å². The van der Waals surface area contributed by atoms with Gasteiger partial charge in [0, 0.05) is 25.2 Å². The fraction of sp³-hybridized carbons (Fsp3) is 0.684. The predicted octanol–water partition coefficient (Wildman–Crippen LogP) is 4.38. The molecule has 21 heavy (non-hydrogen) atoms. The van der Waals surface area contributed by atoms with Crippen LogP contribution in [0.5, 0.6) is 0 Å². The third-order valence-corrected chi connectivity index (χ3v) is 4.56. The zero-order valence-electron chi connectivity index (χ0n) is 13.9. The van der Waals surface area contributed by atoms with E-state index < -0.39 is 0 Å². The molecule has 1 N–H and O–H groups in total. The van der Waals surface area contributed by atoms with Crippen molar-refractivity contribution >= 4 is 0 Å². The highest BCUT2D eigenvalue weighted by Crippen LogP contribution is 2.26. The molecule has 0 saturated heterocycles. The van der Waals surface area contributed by atoms with E-state index >= 15 is 0 Å². The van der Waals surface area contributed by atoms with E-state index in [0.717, 1.165) is 12.6 Å². The molecule has 2 rings (SSSR count). The normalized spacial score (nSPS) is 16.3. The second-order valence-corrected chi connectivity index (χ2v) is 6.27. The van der Waals surface area contributed by atoms with Crippen molar-refractivity contribution in [1.82, 2.24) is 10.2 Å². The average Bonchev–Trinajstić information content (AvgIpc) is 3.35. The lowest BCUT2D eigenvalue weighted by molar-refractivity contribution is 0.270. The minimum absolute atomic E-state index is 0.524. The van der Waals surface area contributed by atoms with E-state index in [4.69, 9.17) is 0 Å². The molecule has 0 aromatic heterocycles. The number of unbranched alkanes of at least 4 members (excludes halogenated alkanes) is 2. The van der Waals surface area contributed by atoms with Crippen molar-refractivity contribution < 1.29 is 0 Å². The van der Waals surface area contributed by atoms with Gasteiger partial charge in [-0.15, -0.1) is 0 Å². The summed E-state index contributed by atoms with van der Waals surface area (Å²) in [6, 6.07) is 12.4. The van der Waals surface area contributed by atoms with E-state index in [0.29, 0.717) is 6.04 Å². The first-order valence-corrected chi connectivity index (χ1v) is 8.87. The number of nitrogens with one attached hydrogen (secondary N) is 1. The summed E-state index contributed by atoms with van der Waals surface area (Å²) in [4.78, 5) is 2.63. The maximum Gasteiger partial charge on any atom is 0.0320 e. The van der Waals surface area contributed by atoms with Crippen LogP contribution in [0.2, 0.25) is 0 Å². The standard InChI is InChI=1S/C19H32N2/c1-3-5-7-12-19(17-10-8-6-9-11-17)20-15-16-21(4-2)18-13-14-18/h6,8-11,18-20H,3-5,7,12-16H2,1-2H3. The lowest BCUT2D eigenvalue weighted by Gasteiger charge is -2.24. The smallest absolute Gasteiger partial charge is 0.0320 e. The monoisotopic (exact) mass is 288 g/mol. The Labute approximate surface area is 130 Å². The first-order valence-electron chi connectivity index (χ1n) is 8.87. The third-order valence-electron chi connectivity index (χ3n) is 4.56. The van der Waals surface area contributed by atoms with Crippen LogP contribution < -0.4 is 5.32 Å². The molecule has 0 bridgehead atoms. The van der Waals surface area contributed by atoms with E-state index in [1.54, 1.807) is 0 Å². The fourth-order valence-corrected chi connectivity index (χ4v) is 3.09. The first kappa shape index (κ1) is 16.5. The van der Waals surface area contributed by atoms with Gasteiger partial charge in [0.25, 0.3) is 0 Å². The highest BCUT2D eigenvalue weighted by Gasteiger charge is 2.27. The molecule has 118 valence electrons. The summed E-state index contributed by atoms with van der Waals surface area (Å²) >= 11 is 0. The lowest BCUT2D eigenvalue weighted by Crippen LogP contribution is -2.35. The molecular formula is C19H32N2. The zero-order chi connectivity index (χ0) is 14.9. The van der Waals surface area contributed by atoms with Crippen LogP contribution in [0, 0.1) is 0 Å². The van der Waals surface area contributed by atoms with E-state index in [1.807, 2.05) is 0 Å². The molecule has 2 heteroatoms. The molecule has 2 nitrogen and oxygen atoms in total. The van der Waals surface area contributed by atoms with Crippen LogP contribution in [0.1, 0.15) is 64.0 Å². The van der Waals surface area contributed by atoms with Gasteiger partial charge in [0.1, 0.15) is 0 Å². The van der Waals surface area contributed by atoms with Gasteiger partial charge in [-0.1, -0.05) is 63.4 Å². The van der Waals surface area contributed by atoms with Gasteiger partial charge in [-0.2, -0.15) is 0 Å². The summed E-state index contributed by atoms with van der Waals surface area (Å²) in [5, 5.41) is 3.80. The third kappa shape index (κ3) is 5.80. The minimum atomic E-state index is 0.524. The van der Waals surface area contributed by atoms with Gasteiger partial charge in [0.15, 0.2) is 0 Å². The van der Waals surface area contributed by atoms with Crippen molar-refractivity contribution in [2.24, 2.45) is 0 Å². The molecule has 0 amide bonds. The molecule has 1 unspecified atom stereocenters. The molecule has 1 aromatic carbocycles. The van der Waals surface area contributed by atoms with Crippen LogP contribution in [0.3, 0.4) is 0 Å². The maximum atomic E-state index is 3.80. The minimum Gasteiger partial charge on any atom is -0.309 e. The van der Waals surface area contributed by atoms with Crippen LogP contribution in [-0.4, -0.2) is 30.6 Å². The number of hydrogen-bond acceptors (Lipinski definition) is 2. The second kappa shape index (κ2) is 9.22. The Bertz CT molecular complexity index is 372. The Morgan fingerprint density at radius 1 is 1.14 bits per heavy atom. The maximum absolute atomic E-state index is 3.80. The van der Waals surface area contributed by atoms with E-state index in [2.05, 4.69) is 54.4 Å². The highest BCUT2D eigenvalue weighted by molar-refractivity contribution is 5.18. The van der Waals surface area contributed by atoms with Crippen molar-refractivity contribution in [2.45, 2.75) is 64.5 Å². The van der Waals surface area contributed by atoms with Gasteiger partial charge in [-0.3, -0.25) is 4.90 Å². The van der Waals surface area contributed by atoms with Crippen molar-refractivity contribution in [2.75, 3.05) is 19.6 Å². The van der Waals surface area contributed by atoms with Crippen molar-refractivity contribution in [1.29, 1.82) is 0 Å². The molecular weight excluding hydrogens is 256 g/mol. The number of nitrogens with zero attached hydrogens (tertiary/aromatic N) is 1. The van der Waals surface area contributed by atoms with Gasteiger partial charge in [-0.25, -0.2) is 0 Å². The Hall–Kier alpha value is -0.860. The molecule has 1 saturated carbocycles. The molecule has 0 aliphatic heterocycles. The predicted molar refractivity (Wildman–Crippen MR) is 91.6 cm³/mol. The quantitative estimate of drug-likeness (QED) is 0.608. The van der Waals surface area contributed by atoms with Crippen molar-refractivity contribution in [3.05, 3.63) is 35.9 Å². The SMILES string of the molecule is CCCCCC(NCCN(CC)C1CC1)c1ccccc1. The lowest BCUT2D eigenvalue weighted by atomic mass is 10.0. The van der Waals surface area contributed by atoms with Gasteiger partial charge in [0.05, 0.1) is 0 Å². The molecule has 1 aliphatic rings. The molecule has 0 spiro atoms. The highest BCUT2D eigenvalue weighted by atomic mass is 15.2. The summed E-state index contributed by atoms with van der Waals surface area (Å²) in [7, 11) is 0. The molecule has 1 atom stereocenters. The molecule has 1 aromatic rings. The fourth-order valence-electron chi connectivity index (χ4n) is 3.09. The Morgan fingerprint density at radius 2 is 1.90 bits per heavy atom. The number of rotatable bonds is 11. The van der Waals surface area contributed by atoms with Crippen LogP contribution in [0.15, 0.2) is 30.3 Å². The van der Waals surface area contributed by atoms with Crippen LogP contribution in [0.25, 0.3) is 0 Å². The van der Waals surface area contributed by atoms with Gasteiger partial charge >= 0.3 is 0 Å². The van der Waals surface area contributed by atoms with E-state index in [-0.39, 0.29) is 0 Å². The summed E-state index contributed by atoms with van der Waals surface area (Å²) in [6.07, 6.45) is 8.04. The summed E-state index contributed by atoms with van der Waals surface area (Å²) < 4.78 is 0. The van der Waals surface area contributed by atoms with Crippen LogP contribution in [-0.2, 0) is 0 Å². The Morgan fingerprint density at radius 3 is 2.52 bits per heavy atom. The zero-order valence-corrected chi connectivity index (χ0v) is 13.9. The first-order chi connectivity index (χ1) is 10.3. The molecule has 0 radical (unpaired) electrons. The molecule has 1 aliphatic carbocycles. The number of likely N-dealkylation sites (N-methyl/N-ethyl adjacent to an activating group) is 1. The average molecular weight is 288 g/mol. The van der Waals surface area contributed by atoms with Crippen molar-refractivity contribution in [3.8, 4) is 0 Å². The summed E-state index contributed by atoms with van der Waals surface area (Å²) in [5.74, 6) is 0. The number of hydrogen-bond donors (Lipinski definition) is 1. The van der Waals surface area contributed by atoms with Crippen molar-refractivity contribution in [3.63, 3.8) is 0 Å². The molecule has 1 fully saturated rings. The van der Waals surface area contributed by atoms with E-state index in [9.17, 15) is 0 Å². The van der Waals surface area contributed by atoms with E-state index in [1.165, 1.54) is 57.2 Å². The van der Waals surface area contributed by atoms with Crippen LogP contribution in [0.4, 0.5) is 0 Å². The number of benzene rings is 1.